The molecule has 106 valence electrons. The molecule has 0 aliphatic rings. The summed E-state index contributed by atoms with van der Waals surface area (Å²) in [5, 5.41) is 3.00. The Kier molecular flexibility index (Phi) is 6.25. The molecular formula is C11H14BrClN2O3S. The summed E-state index contributed by atoms with van der Waals surface area (Å²) in [6, 6.07) is 4.23. The van der Waals surface area contributed by atoms with Crippen molar-refractivity contribution in [2.75, 3.05) is 13.1 Å². The Bertz CT molecular complexity index is 563. The first-order valence-corrected chi connectivity index (χ1v) is 8.23. The molecule has 0 unspecified atom stereocenters. The van der Waals surface area contributed by atoms with Gasteiger partial charge in [-0.2, -0.15) is 0 Å². The molecule has 19 heavy (non-hydrogen) atoms. The van der Waals surface area contributed by atoms with E-state index in [1.54, 1.807) is 0 Å². The van der Waals surface area contributed by atoms with Gasteiger partial charge >= 0.3 is 0 Å². The van der Waals surface area contributed by atoms with Crippen molar-refractivity contribution in [3.63, 3.8) is 0 Å². The maximum Gasteiger partial charge on any atom is 0.241 e. The van der Waals surface area contributed by atoms with Crippen LogP contribution in [-0.4, -0.2) is 27.4 Å². The van der Waals surface area contributed by atoms with Crippen LogP contribution in [-0.2, 0) is 14.8 Å². The molecule has 0 aromatic heterocycles. The smallest absolute Gasteiger partial charge is 0.241 e. The Morgan fingerprint density at radius 1 is 1.42 bits per heavy atom. The second kappa shape index (κ2) is 7.23. The number of sulfonamides is 1. The van der Waals surface area contributed by atoms with Gasteiger partial charge in [-0.15, -0.1) is 0 Å². The third-order valence-electron chi connectivity index (χ3n) is 2.20. The Labute approximate surface area is 125 Å². The summed E-state index contributed by atoms with van der Waals surface area (Å²) in [6.07, 6.45) is 0.794. The first-order valence-electron chi connectivity index (χ1n) is 5.58. The molecule has 0 radical (unpaired) electrons. The van der Waals surface area contributed by atoms with E-state index in [0.29, 0.717) is 16.0 Å². The molecule has 8 heteroatoms. The third kappa shape index (κ3) is 5.10. The summed E-state index contributed by atoms with van der Waals surface area (Å²) < 4.78 is 26.5. The van der Waals surface area contributed by atoms with Gasteiger partial charge < -0.3 is 5.32 Å². The van der Waals surface area contributed by atoms with Gasteiger partial charge in [0.05, 0.1) is 16.5 Å². The van der Waals surface area contributed by atoms with Crippen LogP contribution in [0, 0.1) is 0 Å². The second-order valence-corrected chi connectivity index (χ2v) is 6.78. The first-order chi connectivity index (χ1) is 8.86. The van der Waals surface area contributed by atoms with Crippen LogP contribution >= 0.6 is 27.5 Å². The molecule has 1 aromatic rings. The summed E-state index contributed by atoms with van der Waals surface area (Å²) in [6.45, 7) is 2.14. The van der Waals surface area contributed by atoms with Crippen molar-refractivity contribution in [1.82, 2.24) is 10.0 Å². The molecule has 0 bridgehead atoms. The number of carbonyl (C=O) groups is 1. The number of halogens is 2. The summed E-state index contributed by atoms with van der Waals surface area (Å²) in [4.78, 5) is 11.4. The molecule has 0 aliphatic carbocycles. The van der Waals surface area contributed by atoms with Gasteiger partial charge in [0.1, 0.15) is 0 Å². The van der Waals surface area contributed by atoms with Crippen molar-refractivity contribution in [2.24, 2.45) is 0 Å². The molecule has 0 saturated carbocycles. The van der Waals surface area contributed by atoms with Gasteiger partial charge in [0.15, 0.2) is 0 Å². The number of nitrogens with one attached hydrogen (secondary N) is 2. The number of hydrogen-bond donors (Lipinski definition) is 2. The molecule has 1 rings (SSSR count). The molecule has 2 N–H and O–H groups in total. The minimum absolute atomic E-state index is 0.0482. The van der Waals surface area contributed by atoms with Gasteiger partial charge in [0, 0.05) is 11.0 Å². The van der Waals surface area contributed by atoms with E-state index < -0.39 is 10.0 Å². The van der Waals surface area contributed by atoms with E-state index in [1.807, 2.05) is 6.92 Å². The lowest BCUT2D eigenvalue weighted by Crippen LogP contribution is -2.37. The Hall–Kier alpha value is -0.630. The average molecular weight is 370 g/mol. The summed E-state index contributed by atoms with van der Waals surface area (Å²) in [5.74, 6) is -0.363. The lowest BCUT2D eigenvalue weighted by Gasteiger charge is -2.08. The Balaban J connectivity index is 2.70. The average Bonchev–Trinajstić information content (AvgIpc) is 2.37. The van der Waals surface area contributed by atoms with Gasteiger partial charge in [-0.1, -0.05) is 18.5 Å². The highest BCUT2D eigenvalue weighted by Crippen LogP contribution is 2.25. The first kappa shape index (κ1) is 16.4. The summed E-state index contributed by atoms with van der Waals surface area (Å²) in [7, 11) is -3.72. The molecule has 0 fully saturated rings. The van der Waals surface area contributed by atoms with Gasteiger partial charge in [-0.3, -0.25) is 4.79 Å². The monoisotopic (exact) mass is 368 g/mol. The SMILES string of the molecule is CCCNC(=O)CNS(=O)(=O)c1ccc(Cl)c(Br)c1. The fourth-order valence-corrected chi connectivity index (χ4v) is 2.87. The normalized spacial score (nSPS) is 11.3. The molecule has 0 saturated heterocycles. The molecule has 0 spiro atoms. The molecule has 0 atom stereocenters. The molecule has 0 heterocycles. The van der Waals surface area contributed by atoms with E-state index in [9.17, 15) is 13.2 Å². The summed E-state index contributed by atoms with van der Waals surface area (Å²) >= 11 is 8.94. The minimum Gasteiger partial charge on any atom is -0.355 e. The topological polar surface area (TPSA) is 75.3 Å². The van der Waals surface area contributed by atoms with Gasteiger partial charge in [-0.25, -0.2) is 13.1 Å². The molecular weight excluding hydrogens is 356 g/mol. The number of hydrogen-bond acceptors (Lipinski definition) is 3. The van der Waals surface area contributed by atoms with E-state index in [4.69, 9.17) is 11.6 Å². The van der Waals surface area contributed by atoms with Crippen LogP contribution in [0.1, 0.15) is 13.3 Å². The highest BCUT2D eigenvalue weighted by atomic mass is 79.9. The van der Waals surface area contributed by atoms with Crippen molar-refractivity contribution >= 4 is 43.5 Å². The van der Waals surface area contributed by atoms with E-state index in [-0.39, 0.29) is 17.3 Å². The van der Waals surface area contributed by atoms with Crippen LogP contribution in [0.15, 0.2) is 27.6 Å². The van der Waals surface area contributed by atoms with E-state index in [0.717, 1.165) is 6.42 Å². The minimum atomic E-state index is -3.72. The number of carbonyl (C=O) groups excluding carboxylic acids is 1. The van der Waals surface area contributed by atoms with Crippen LogP contribution in [0.3, 0.4) is 0 Å². The predicted octanol–water partition coefficient (Wildman–Crippen LogP) is 1.91. The highest BCUT2D eigenvalue weighted by molar-refractivity contribution is 9.10. The molecule has 5 nitrogen and oxygen atoms in total. The second-order valence-electron chi connectivity index (χ2n) is 3.75. The van der Waals surface area contributed by atoms with E-state index in [2.05, 4.69) is 26.0 Å². The van der Waals surface area contributed by atoms with Crippen LogP contribution < -0.4 is 10.0 Å². The van der Waals surface area contributed by atoms with Gasteiger partial charge in [-0.05, 0) is 40.5 Å². The van der Waals surface area contributed by atoms with E-state index >= 15 is 0 Å². The standard InChI is InChI=1S/C11H14BrClN2O3S/c1-2-5-14-11(16)7-15-19(17,18)8-3-4-10(13)9(12)6-8/h3-4,6,15H,2,5,7H2,1H3,(H,14,16). The molecule has 0 aliphatic heterocycles. The highest BCUT2D eigenvalue weighted by Gasteiger charge is 2.16. The Morgan fingerprint density at radius 2 is 2.11 bits per heavy atom. The van der Waals surface area contributed by atoms with E-state index in [1.165, 1.54) is 18.2 Å². The number of benzene rings is 1. The zero-order valence-corrected chi connectivity index (χ0v) is 13.4. The van der Waals surface area contributed by atoms with Crippen molar-refractivity contribution in [1.29, 1.82) is 0 Å². The number of rotatable bonds is 6. The summed E-state index contributed by atoms with van der Waals surface area (Å²) in [5.41, 5.74) is 0. The van der Waals surface area contributed by atoms with Crippen LogP contribution in [0.2, 0.25) is 5.02 Å². The zero-order valence-electron chi connectivity index (χ0n) is 10.2. The molecule has 1 amide bonds. The van der Waals surface area contributed by atoms with Crippen LogP contribution in [0.25, 0.3) is 0 Å². The Morgan fingerprint density at radius 3 is 2.68 bits per heavy atom. The van der Waals surface area contributed by atoms with Crippen molar-refractivity contribution in [2.45, 2.75) is 18.2 Å². The van der Waals surface area contributed by atoms with Crippen molar-refractivity contribution < 1.29 is 13.2 Å². The fraction of sp³-hybridized carbons (Fsp3) is 0.364. The maximum absolute atomic E-state index is 11.9. The van der Waals surface area contributed by atoms with Crippen molar-refractivity contribution in [3.05, 3.63) is 27.7 Å². The number of amides is 1. The zero-order chi connectivity index (χ0) is 14.5. The van der Waals surface area contributed by atoms with Crippen LogP contribution in [0.4, 0.5) is 0 Å². The van der Waals surface area contributed by atoms with Gasteiger partial charge in [0.2, 0.25) is 15.9 Å². The maximum atomic E-state index is 11.9. The third-order valence-corrected chi connectivity index (χ3v) is 4.81. The van der Waals surface area contributed by atoms with Crippen molar-refractivity contribution in [3.8, 4) is 0 Å². The lowest BCUT2D eigenvalue weighted by atomic mass is 10.4. The largest absolute Gasteiger partial charge is 0.355 e. The quantitative estimate of drug-likeness (QED) is 0.804. The van der Waals surface area contributed by atoms with Crippen LogP contribution in [0.5, 0.6) is 0 Å². The molecule has 1 aromatic carbocycles. The fourth-order valence-electron chi connectivity index (χ4n) is 1.21. The van der Waals surface area contributed by atoms with Gasteiger partial charge in [0.25, 0.3) is 0 Å². The lowest BCUT2D eigenvalue weighted by molar-refractivity contribution is -0.119. The predicted molar refractivity (Wildman–Crippen MR) is 77.6 cm³/mol.